The van der Waals surface area contributed by atoms with Gasteiger partial charge in [-0.05, 0) is 33.3 Å². The highest BCUT2D eigenvalue weighted by Gasteiger charge is 2.31. The summed E-state index contributed by atoms with van der Waals surface area (Å²) in [6.45, 7) is 8.85. The number of rotatable bonds is 4. The lowest BCUT2D eigenvalue weighted by Gasteiger charge is -2.18. The summed E-state index contributed by atoms with van der Waals surface area (Å²) in [7, 11) is 0. The number of fused-ring (bicyclic) bond motifs is 1. The number of imide groups is 1. The van der Waals surface area contributed by atoms with Crippen molar-refractivity contribution < 1.29 is 9.59 Å². The lowest BCUT2D eigenvalue weighted by Crippen LogP contribution is -2.39. The van der Waals surface area contributed by atoms with Gasteiger partial charge in [-0.1, -0.05) is 11.8 Å². The summed E-state index contributed by atoms with van der Waals surface area (Å²) >= 11 is 2.71. The first kappa shape index (κ1) is 17.9. The first-order valence-electron chi connectivity index (χ1n) is 8.11. The van der Waals surface area contributed by atoms with Crippen molar-refractivity contribution >= 4 is 45.3 Å². The molecule has 7 nitrogen and oxygen atoms in total. The maximum absolute atomic E-state index is 12.8. The van der Waals surface area contributed by atoms with E-state index in [4.69, 9.17) is 0 Å². The van der Waals surface area contributed by atoms with E-state index in [0.29, 0.717) is 35.0 Å². The Balaban J connectivity index is 1.96. The molecule has 0 aromatic carbocycles. The second kappa shape index (κ2) is 6.80. The lowest BCUT2D eigenvalue weighted by molar-refractivity contribution is -0.126. The predicted molar refractivity (Wildman–Crippen MR) is 99.5 cm³/mol. The van der Waals surface area contributed by atoms with Crippen LogP contribution in [0.3, 0.4) is 0 Å². The van der Waals surface area contributed by atoms with E-state index in [-0.39, 0.29) is 17.5 Å². The molecule has 0 aliphatic carbocycles. The molecule has 0 saturated carbocycles. The molecule has 1 aliphatic heterocycles. The highest BCUT2D eigenvalue weighted by molar-refractivity contribution is 8.00. The molecule has 1 fully saturated rings. The van der Waals surface area contributed by atoms with Crippen LogP contribution in [0.5, 0.6) is 0 Å². The average Bonchev–Trinajstić information content (AvgIpc) is 3.11. The number of aromatic nitrogens is 2. The number of amides is 3. The van der Waals surface area contributed by atoms with Crippen LogP contribution in [0.15, 0.2) is 9.95 Å². The molecule has 0 bridgehead atoms. The summed E-state index contributed by atoms with van der Waals surface area (Å²) in [5.74, 6) is -0.268. The summed E-state index contributed by atoms with van der Waals surface area (Å²) in [6, 6.07) is -0.363. The van der Waals surface area contributed by atoms with Crippen molar-refractivity contribution in [2.45, 2.75) is 44.6 Å². The van der Waals surface area contributed by atoms with Gasteiger partial charge in [0.05, 0.1) is 10.6 Å². The van der Waals surface area contributed by atoms with Gasteiger partial charge in [0.1, 0.15) is 4.83 Å². The van der Waals surface area contributed by atoms with Crippen LogP contribution < -0.4 is 10.9 Å². The zero-order valence-electron chi connectivity index (χ0n) is 14.6. The molecule has 2 aromatic heterocycles. The Morgan fingerprint density at radius 1 is 1.40 bits per heavy atom. The molecule has 3 heterocycles. The Kier molecular flexibility index (Phi) is 4.88. The van der Waals surface area contributed by atoms with Gasteiger partial charge in [-0.2, -0.15) is 0 Å². The molecule has 25 heavy (non-hydrogen) atoms. The largest absolute Gasteiger partial charge is 0.336 e. The summed E-state index contributed by atoms with van der Waals surface area (Å²) in [4.78, 5) is 44.6. The number of urea groups is 1. The smallest absolute Gasteiger partial charge is 0.324 e. The number of hydrogen-bond acceptors (Lipinski definition) is 6. The molecular formula is C16H20N4O3S2. The van der Waals surface area contributed by atoms with Crippen LogP contribution in [-0.4, -0.2) is 44.7 Å². The quantitative estimate of drug-likeness (QED) is 0.649. The minimum atomic E-state index is -0.506. The van der Waals surface area contributed by atoms with Gasteiger partial charge in [0, 0.05) is 24.5 Å². The highest BCUT2D eigenvalue weighted by Crippen LogP contribution is 2.30. The van der Waals surface area contributed by atoms with Crippen molar-refractivity contribution in [2.75, 3.05) is 13.1 Å². The number of thioether (sulfide) groups is 1. The van der Waals surface area contributed by atoms with E-state index in [0.717, 1.165) is 10.4 Å². The van der Waals surface area contributed by atoms with Gasteiger partial charge in [0.15, 0.2) is 5.16 Å². The van der Waals surface area contributed by atoms with E-state index in [1.54, 1.807) is 11.5 Å². The van der Waals surface area contributed by atoms with Gasteiger partial charge in [-0.25, -0.2) is 9.78 Å². The second-order valence-corrected chi connectivity index (χ2v) is 8.40. The standard InChI is InChI=1S/C16H20N4O3S2/c1-5-19-14(22)11-8(2)9(3)24-12(11)18-16(19)25-10(4)13(21)20-7-6-17-15(20)23/h10H,5-7H2,1-4H3,(H,17,23)/t10-/m0/s1. The lowest BCUT2D eigenvalue weighted by atomic mass is 10.2. The molecule has 1 aliphatic rings. The van der Waals surface area contributed by atoms with Gasteiger partial charge in [-0.3, -0.25) is 19.1 Å². The normalized spacial score (nSPS) is 15.7. The summed E-state index contributed by atoms with van der Waals surface area (Å²) in [5, 5.41) is 3.29. The van der Waals surface area contributed by atoms with Crippen LogP contribution in [0.1, 0.15) is 24.3 Å². The Morgan fingerprint density at radius 3 is 2.72 bits per heavy atom. The van der Waals surface area contributed by atoms with Gasteiger partial charge in [0.2, 0.25) is 5.91 Å². The fraction of sp³-hybridized carbons (Fsp3) is 0.500. The zero-order chi connectivity index (χ0) is 18.3. The first-order chi connectivity index (χ1) is 11.8. The predicted octanol–water partition coefficient (Wildman–Crippen LogP) is 2.13. The van der Waals surface area contributed by atoms with Crippen molar-refractivity contribution in [3.8, 4) is 0 Å². The summed E-state index contributed by atoms with van der Waals surface area (Å²) in [6.07, 6.45) is 0. The van der Waals surface area contributed by atoms with Crippen molar-refractivity contribution in [3.63, 3.8) is 0 Å². The molecule has 0 unspecified atom stereocenters. The molecule has 0 spiro atoms. The molecule has 1 saturated heterocycles. The van der Waals surface area contributed by atoms with Crippen LogP contribution in [0.25, 0.3) is 10.2 Å². The second-order valence-electron chi connectivity index (χ2n) is 5.89. The first-order valence-corrected chi connectivity index (χ1v) is 9.81. The van der Waals surface area contributed by atoms with E-state index in [1.165, 1.54) is 28.0 Å². The average molecular weight is 380 g/mol. The van der Waals surface area contributed by atoms with Crippen molar-refractivity contribution in [2.24, 2.45) is 0 Å². The minimum Gasteiger partial charge on any atom is -0.336 e. The topological polar surface area (TPSA) is 84.3 Å². The number of hydrogen-bond donors (Lipinski definition) is 1. The van der Waals surface area contributed by atoms with E-state index in [1.807, 2.05) is 20.8 Å². The number of carbonyl (C=O) groups is 2. The molecule has 0 radical (unpaired) electrons. The van der Waals surface area contributed by atoms with Crippen molar-refractivity contribution in [1.29, 1.82) is 0 Å². The number of thiophene rings is 1. The van der Waals surface area contributed by atoms with E-state index in [9.17, 15) is 14.4 Å². The number of aryl methyl sites for hydroxylation is 2. The van der Waals surface area contributed by atoms with Crippen molar-refractivity contribution in [1.82, 2.24) is 19.8 Å². The summed E-state index contributed by atoms with van der Waals surface area (Å²) < 4.78 is 1.60. The zero-order valence-corrected chi connectivity index (χ0v) is 16.2. The van der Waals surface area contributed by atoms with E-state index < -0.39 is 5.25 Å². The molecule has 3 amide bonds. The van der Waals surface area contributed by atoms with Gasteiger partial charge < -0.3 is 5.32 Å². The number of nitrogens with one attached hydrogen (secondary N) is 1. The van der Waals surface area contributed by atoms with Gasteiger partial charge >= 0.3 is 6.03 Å². The van der Waals surface area contributed by atoms with Gasteiger partial charge in [0.25, 0.3) is 5.56 Å². The number of carbonyl (C=O) groups excluding carboxylic acids is 2. The van der Waals surface area contributed by atoms with Gasteiger partial charge in [-0.15, -0.1) is 11.3 Å². The molecule has 2 aromatic rings. The molecule has 1 atom stereocenters. The summed E-state index contributed by atoms with van der Waals surface area (Å²) in [5.41, 5.74) is 0.893. The van der Waals surface area contributed by atoms with Crippen LogP contribution in [-0.2, 0) is 11.3 Å². The molecular weight excluding hydrogens is 360 g/mol. The van der Waals surface area contributed by atoms with Crippen LogP contribution in [0.2, 0.25) is 0 Å². The maximum atomic E-state index is 12.8. The fourth-order valence-corrected chi connectivity index (χ4v) is 4.89. The molecule has 134 valence electrons. The molecule has 3 rings (SSSR count). The number of nitrogens with zero attached hydrogens (tertiary/aromatic N) is 3. The van der Waals surface area contributed by atoms with Crippen LogP contribution in [0.4, 0.5) is 4.79 Å². The minimum absolute atomic E-state index is 0.0737. The Hall–Kier alpha value is -1.87. The van der Waals surface area contributed by atoms with Crippen LogP contribution in [0, 0.1) is 13.8 Å². The third kappa shape index (κ3) is 3.06. The third-order valence-electron chi connectivity index (χ3n) is 4.32. The van der Waals surface area contributed by atoms with E-state index >= 15 is 0 Å². The Labute approximate surface area is 153 Å². The van der Waals surface area contributed by atoms with Crippen molar-refractivity contribution in [3.05, 3.63) is 20.8 Å². The SMILES string of the molecule is CCn1c(S[C@@H](C)C(=O)N2CCNC2=O)nc2sc(C)c(C)c2c1=O. The maximum Gasteiger partial charge on any atom is 0.324 e. The Morgan fingerprint density at radius 2 is 2.12 bits per heavy atom. The molecule has 1 N–H and O–H groups in total. The molecule has 9 heteroatoms. The highest BCUT2D eigenvalue weighted by atomic mass is 32.2. The van der Waals surface area contributed by atoms with Crippen LogP contribution >= 0.6 is 23.1 Å². The Bertz CT molecular complexity index is 918. The fourth-order valence-electron chi connectivity index (χ4n) is 2.79. The third-order valence-corrected chi connectivity index (χ3v) is 6.50. The van der Waals surface area contributed by atoms with E-state index in [2.05, 4.69) is 10.3 Å². The monoisotopic (exact) mass is 380 g/mol.